The molecular formula is C15H17NO2. The lowest BCUT2D eigenvalue weighted by atomic mass is 10.2. The van der Waals surface area contributed by atoms with Crippen molar-refractivity contribution in [3.63, 3.8) is 0 Å². The average molecular weight is 243 g/mol. The highest BCUT2D eigenvalue weighted by molar-refractivity contribution is 5.68. The number of allylic oxidation sites excluding steroid dienone is 1. The summed E-state index contributed by atoms with van der Waals surface area (Å²) in [6, 6.07) is 9.68. The van der Waals surface area contributed by atoms with Crippen molar-refractivity contribution < 1.29 is 9.53 Å². The number of carbonyl (C=O) groups excluding carboxylic acids is 1. The summed E-state index contributed by atoms with van der Waals surface area (Å²) in [5.41, 5.74) is 2.28. The minimum absolute atomic E-state index is 0.286. The first-order valence-electron chi connectivity index (χ1n) is 6.04. The molecule has 94 valence electrons. The quantitative estimate of drug-likeness (QED) is 0.718. The molecule has 0 spiro atoms. The largest absolute Gasteiger partial charge is 0.445 e. The summed E-state index contributed by atoms with van der Waals surface area (Å²) in [5, 5.41) is 0. The first-order valence-corrected chi connectivity index (χ1v) is 6.04. The van der Waals surface area contributed by atoms with Gasteiger partial charge in [0.05, 0.1) is 0 Å². The summed E-state index contributed by atoms with van der Waals surface area (Å²) < 4.78 is 5.28. The molecule has 0 saturated carbocycles. The Morgan fingerprint density at radius 1 is 1.39 bits per heavy atom. The molecule has 0 fully saturated rings. The van der Waals surface area contributed by atoms with Gasteiger partial charge in [-0.15, -0.1) is 6.58 Å². The first kappa shape index (κ1) is 12.4. The lowest BCUT2D eigenvalue weighted by molar-refractivity contribution is 0.103. The van der Waals surface area contributed by atoms with Crippen LogP contribution in [0.1, 0.15) is 12.0 Å². The third-order valence-corrected chi connectivity index (χ3v) is 2.70. The van der Waals surface area contributed by atoms with Crippen molar-refractivity contribution in [1.82, 2.24) is 4.90 Å². The smallest absolute Gasteiger partial charge is 0.410 e. The Balaban J connectivity index is 1.84. The first-order chi connectivity index (χ1) is 8.79. The zero-order chi connectivity index (χ0) is 12.8. The van der Waals surface area contributed by atoms with Crippen LogP contribution in [0.4, 0.5) is 4.79 Å². The molecule has 0 radical (unpaired) electrons. The van der Waals surface area contributed by atoms with E-state index in [4.69, 9.17) is 4.74 Å². The highest BCUT2D eigenvalue weighted by atomic mass is 16.6. The summed E-state index contributed by atoms with van der Waals surface area (Å²) >= 11 is 0. The molecule has 0 aromatic heterocycles. The van der Waals surface area contributed by atoms with E-state index in [1.807, 2.05) is 30.3 Å². The number of nitrogens with zero attached hydrogens (tertiary/aromatic N) is 1. The molecule has 0 atom stereocenters. The van der Waals surface area contributed by atoms with Crippen LogP contribution in [0.2, 0.25) is 0 Å². The van der Waals surface area contributed by atoms with E-state index in [-0.39, 0.29) is 6.09 Å². The molecule has 0 heterocycles. The second kappa shape index (κ2) is 6.05. The summed E-state index contributed by atoms with van der Waals surface area (Å²) in [4.78, 5) is 13.6. The molecule has 1 aromatic carbocycles. The van der Waals surface area contributed by atoms with Gasteiger partial charge in [0.15, 0.2) is 0 Å². The van der Waals surface area contributed by atoms with Gasteiger partial charge >= 0.3 is 6.09 Å². The van der Waals surface area contributed by atoms with Crippen LogP contribution in [0, 0.1) is 0 Å². The van der Waals surface area contributed by atoms with Gasteiger partial charge in [0, 0.05) is 13.1 Å². The van der Waals surface area contributed by atoms with Crippen LogP contribution in [0.25, 0.3) is 0 Å². The number of carbonyl (C=O) groups is 1. The molecule has 2 rings (SSSR count). The topological polar surface area (TPSA) is 29.5 Å². The zero-order valence-corrected chi connectivity index (χ0v) is 10.3. The number of hydrogen-bond donors (Lipinski definition) is 0. The summed E-state index contributed by atoms with van der Waals surface area (Å²) in [6.07, 6.45) is 4.55. The van der Waals surface area contributed by atoms with Crippen LogP contribution < -0.4 is 0 Å². The van der Waals surface area contributed by atoms with Crippen LogP contribution >= 0.6 is 0 Å². The molecule has 1 amide bonds. The maximum Gasteiger partial charge on any atom is 0.410 e. The Morgan fingerprint density at radius 3 is 2.72 bits per heavy atom. The molecule has 0 aliphatic heterocycles. The standard InChI is InChI=1S/C15H17NO2/c1-2-10-16(11-13-8-9-13)15(17)18-12-14-6-4-3-5-7-14/h2-8H,1,9-12H2. The molecule has 3 heteroatoms. The molecule has 0 N–H and O–H groups in total. The molecular weight excluding hydrogens is 226 g/mol. The Bertz CT molecular complexity index is 451. The van der Waals surface area contributed by atoms with Crippen molar-refractivity contribution in [3.8, 4) is 0 Å². The third-order valence-electron chi connectivity index (χ3n) is 2.70. The Hall–Kier alpha value is -2.03. The third kappa shape index (κ3) is 3.77. The van der Waals surface area contributed by atoms with E-state index in [0.717, 1.165) is 12.0 Å². The van der Waals surface area contributed by atoms with E-state index >= 15 is 0 Å². The van der Waals surface area contributed by atoms with E-state index in [1.165, 1.54) is 5.57 Å². The summed E-state index contributed by atoms with van der Waals surface area (Å²) in [5.74, 6) is 0. The second-order valence-corrected chi connectivity index (χ2v) is 4.28. The molecule has 1 aromatic rings. The second-order valence-electron chi connectivity index (χ2n) is 4.28. The van der Waals surface area contributed by atoms with Gasteiger partial charge in [-0.05, 0) is 12.0 Å². The molecule has 3 nitrogen and oxygen atoms in total. The number of amides is 1. The number of hydrogen-bond acceptors (Lipinski definition) is 2. The van der Waals surface area contributed by atoms with Crippen LogP contribution in [-0.2, 0) is 11.3 Å². The lowest BCUT2D eigenvalue weighted by Crippen LogP contribution is -2.32. The van der Waals surface area contributed by atoms with Crippen molar-refractivity contribution in [2.75, 3.05) is 13.1 Å². The number of rotatable bonds is 6. The van der Waals surface area contributed by atoms with E-state index in [0.29, 0.717) is 19.7 Å². The SMILES string of the molecule is C=CCN(CC1=CC1)C(=O)OCc1ccccc1. The predicted octanol–water partition coefficient (Wildman–Crippen LogP) is 3.14. The van der Waals surface area contributed by atoms with Gasteiger partial charge in [-0.1, -0.05) is 48.1 Å². The highest BCUT2D eigenvalue weighted by Crippen LogP contribution is 2.19. The minimum atomic E-state index is -0.286. The van der Waals surface area contributed by atoms with E-state index in [2.05, 4.69) is 12.7 Å². The fourth-order valence-corrected chi connectivity index (χ4v) is 1.62. The van der Waals surface area contributed by atoms with Crippen LogP contribution in [0.3, 0.4) is 0 Å². The van der Waals surface area contributed by atoms with Crippen molar-refractivity contribution in [3.05, 3.63) is 60.2 Å². The van der Waals surface area contributed by atoms with Crippen LogP contribution in [0.15, 0.2) is 54.6 Å². The van der Waals surface area contributed by atoms with Gasteiger partial charge < -0.3 is 9.64 Å². The van der Waals surface area contributed by atoms with E-state index in [9.17, 15) is 4.79 Å². The molecule has 0 bridgehead atoms. The minimum Gasteiger partial charge on any atom is -0.445 e. The summed E-state index contributed by atoms with van der Waals surface area (Å²) in [7, 11) is 0. The monoisotopic (exact) mass is 243 g/mol. The van der Waals surface area contributed by atoms with Gasteiger partial charge in [-0.3, -0.25) is 0 Å². The Labute approximate surface area is 107 Å². The maximum absolute atomic E-state index is 11.9. The van der Waals surface area contributed by atoms with Crippen LogP contribution in [-0.4, -0.2) is 24.1 Å². The van der Waals surface area contributed by atoms with Gasteiger partial charge in [0.2, 0.25) is 0 Å². The number of benzene rings is 1. The molecule has 1 aliphatic rings. The van der Waals surface area contributed by atoms with Crippen molar-refractivity contribution in [2.45, 2.75) is 13.0 Å². The maximum atomic E-state index is 11.9. The normalized spacial score (nSPS) is 12.6. The van der Waals surface area contributed by atoms with Crippen molar-refractivity contribution >= 4 is 6.09 Å². The van der Waals surface area contributed by atoms with Gasteiger partial charge in [-0.2, -0.15) is 0 Å². The Morgan fingerprint density at radius 2 is 2.11 bits per heavy atom. The van der Waals surface area contributed by atoms with Crippen LogP contribution in [0.5, 0.6) is 0 Å². The van der Waals surface area contributed by atoms with Gasteiger partial charge in [-0.25, -0.2) is 4.79 Å². The lowest BCUT2D eigenvalue weighted by Gasteiger charge is -2.19. The van der Waals surface area contributed by atoms with E-state index < -0.39 is 0 Å². The van der Waals surface area contributed by atoms with Crippen molar-refractivity contribution in [1.29, 1.82) is 0 Å². The average Bonchev–Trinajstić information content (AvgIpc) is 3.21. The fourth-order valence-electron chi connectivity index (χ4n) is 1.62. The highest BCUT2D eigenvalue weighted by Gasteiger charge is 2.18. The molecule has 1 aliphatic carbocycles. The molecule has 0 saturated heterocycles. The van der Waals surface area contributed by atoms with E-state index in [1.54, 1.807) is 11.0 Å². The van der Waals surface area contributed by atoms with Gasteiger partial charge in [0.1, 0.15) is 6.61 Å². The molecule has 0 unspecified atom stereocenters. The van der Waals surface area contributed by atoms with Crippen molar-refractivity contribution in [2.24, 2.45) is 0 Å². The van der Waals surface area contributed by atoms with Gasteiger partial charge in [0.25, 0.3) is 0 Å². The zero-order valence-electron chi connectivity index (χ0n) is 10.3. The predicted molar refractivity (Wildman–Crippen MR) is 71.1 cm³/mol. The summed E-state index contributed by atoms with van der Waals surface area (Å²) in [6.45, 7) is 5.14. The fraction of sp³-hybridized carbons (Fsp3) is 0.267. The number of ether oxygens (including phenoxy) is 1. The molecule has 18 heavy (non-hydrogen) atoms. The Kier molecular flexibility index (Phi) is 4.18.